The van der Waals surface area contributed by atoms with Gasteiger partial charge in [-0.05, 0) is 31.5 Å². The van der Waals surface area contributed by atoms with E-state index in [1.807, 2.05) is 18.2 Å². The fraction of sp³-hybridized carbons (Fsp3) is 0.600. The summed E-state index contributed by atoms with van der Waals surface area (Å²) in [5.41, 5.74) is 1.16. The zero-order valence-electron chi connectivity index (χ0n) is 11.7. The standard InChI is InChI=1S/C15H23NO2S/c1-3-10-16-11-9-14(13-7-5-4-6-8-13)15(12-16)19(2,17)18/h4-8,14-15H,3,9-12H2,1-2H3. The van der Waals surface area contributed by atoms with E-state index in [1.54, 1.807) is 0 Å². The average molecular weight is 281 g/mol. The van der Waals surface area contributed by atoms with Gasteiger partial charge in [0.05, 0.1) is 5.25 Å². The average Bonchev–Trinajstić information content (AvgIpc) is 2.39. The molecule has 4 heteroatoms. The lowest BCUT2D eigenvalue weighted by molar-refractivity contribution is 0.215. The summed E-state index contributed by atoms with van der Waals surface area (Å²) in [6.07, 6.45) is 3.39. The molecule has 0 bridgehead atoms. The van der Waals surface area contributed by atoms with Gasteiger partial charge in [-0.2, -0.15) is 0 Å². The normalized spacial score (nSPS) is 25.4. The predicted octanol–water partition coefficient (Wildman–Crippen LogP) is 2.30. The maximum atomic E-state index is 12.1. The highest BCUT2D eigenvalue weighted by Gasteiger charge is 2.36. The summed E-state index contributed by atoms with van der Waals surface area (Å²) in [7, 11) is -3.02. The summed E-state index contributed by atoms with van der Waals surface area (Å²) in [4.78, 5) is 2.28. The van der Waals surface area contributed by atoms with Crippen LogP contribution in [0.3, 0.4) is 0 Å². The Bertz CT molecular complexity index is 498. The van der Waals surface area contributed by atoms with Crippen LogP contribution in [0.15, 0.2) is 30.3 Å². The molecule has 1 aromatic rings. The van der Waals surface area contributed by atoms with E-state index < -0.39 is 9.84 Å². The van der Waals surface area contributed by atoms with Gasteiger partial charge >= 0.3 is 0 Å². The highest BCUT2D eigenvalue weighted by molar-refractivity contribution is 7.91. The minimum atomic E-state index is -3.02. The van der Waals surface area contributed by atoms with E-state index in [0.29, 0.717) is 6.54 Å². The smallest absolute Gasteiger partial charge is 0.152 e. The first kappa shape index (κ1) is 14.5. The molecule has 1 aliphatic rings. The fourth-order valence-electron chi connectivity index (χ4n) is 3.02. The monoisotopic (exact) mass is 281 g/mol. The fourth-order valence-corrected chi connectivity index (χ4v) is 4.39. The van der Waals surface area contributed by atoms with Gasteiger partial charge in [0.2, 0.25) is 0 Å². The molecule has 2 atom stereocenters. The molecule has 1 aromatic carbocycles. The molecule has 0 aromatic heterocycles. The number of piperidine rings is 1. The second-order valence-electron chi connectivity index (χ2n) is 5.47. The number of nitrogens with zero attached hydrogens (tertiary/aromatic N) is 1. The second-order valence-corrected chi connectivity index (χ2v) is 7.74. The molecule has 2 rings (SSSR count). The van der Waals surface area contributed by atoms with Crippen molar-refractivity contribution < 1.29 is 8.42 Å². The van der Waals surface area contributed by atoms with E-state index >= 15 is 0 Å². The van der Waals surface area contributed by atoms with Crippen LogP contribution in [0.2, 0.25) is 0 Å². The number of hydrogen-bond acceptors (Lipinski definition) is 3. The molecule has 1 saturated heterocycles. The molecule has 2 unspecified atom stereocenters. The van der Waals surface area contributed by atoms with Gasteiger partial charge in [0.1, 0.15) is 0 Å². The van der Waals surface area contributed by atoms with E-state index in [2.05, 4.69) is 24.0 Å². The van der Waals surface area contributed by atoms with Crippen LogP contribution in [0.5, 0.6) is 0 Å². The van der Waals surface area contributed by atoms with Crippen molar-refractivity contribution in [2.45, 2.75) is 30.9 Å². The number of likely N-dealkylation sites (tertiary alicyclic amines) is 1. The first-order valence-electron chi connectivity index (χ1n) is 6.98. The van der Waals surface area contributed by atoms with E-state index in [0.717, 1.165) is 31.5 Å². The molecule has 1 heterocycles. The number of hydrogen-bond donors (Lipinski definition) is 0. The Hall–Kier alpha value is -0.870. The summed E-state index contributed by atoms with van der Waals surface area (Å²) < 4.78 is 24.2. The Balaban J connectivity index is 2.24. The molecule has 1 aliphatic heterocycles. The van der Waals surface area contributed by atoms with Crippen molar-refractivity contribution in [3.8, 4) is 0 Å². The van der Waals surface area contributed by atoms with Crippen LogP contribution < -0.4 is 0 Å². The van der Waals surface area contributed by atoms with Crippen LogP contribution in [0.1, 0.15) is 31.2 Å². The maximum Gasteiger partial charge on any atom is 0.152 e. The van der Waals surface area contributed by atoms with E-state index in [1.165, 1.54) is 6.26 Å². The maximum absolute atomic E-state index is 12.1. The first-order chi connectivity index (χ1) is 9.02. The topological polar surface area (TPSA) is 37.4 Å². The third-order valence-electron chi connectivity index (χ3n) is 3.96. The first-order valence-corrected chi connectivity index (χ1v) is 8.94. The SMILES string of the molecule is CCCN1CCC(c2ccccc2)C(S(C)(=O)=O)C1. The van der Waals surface area contributed by atoms with E-state index in [4.69, 9.17) is 0 Å². The van der Waals surface area contributed by atoms with Crippen molar-refractivity contribution in [2.75, 3.05) is 25.9 Å². The Morgan fingerprint density at radius 2 is 1.95 bits per heavy atom. The van der Waals surface area contributed by atoms with E-state index in [-0.39, 0.29) is 11.2 Å². The molecular weight excluding hydrogens is 258 g/mol. The molecule has 0 aliphatic carbocycles. The lowest BCUT2D eigenvalue weighted by Gasteiger charge is -2.37. The van der Waals surface area contributed by atoms with Crippen LogP contribution in [0.25, 0.3) is 0 Å². The quantitative estimate of drug-likeness (QED) is 0.850. The van der Waals surface area contributed by atoms with Crippen molar-refractivity contribution in [1.82, 2.24) is 4.90 Å². The predicted molar refractivity (Wildman–Crippen MR) is 79.2 cm³/mol. The lowest BCUT2D eigenvalue weighted by Crippen LogP contribution is -2.46. The zero-order chi connectivity index (χ0) is 13.9. The second kappa shape index (κ2) is 6.06. The Morgan fingerprint density at radius 3 is 2.53 bits per heavy atom. The van der Waals surface area contributed by atoms with Gasteiger partial charge in [-0.3, -0.25) is 0 Å². The van der Waals surface area contributed by atoms with E-state index in [9.17, 15) is 8.42 Å². The largest absolute Gasteiger partial charge is 0.302 e. The summed E-state index contributed by atoms with van der Waals surface area (Å²) in [6, 6.07) is 10.1. The van der Waals surface area contributed by atoms with Crippen LogP contribution in [0.4, 0.5) is 0 Å². The van der Waals surface area contributed by atoms with Gasteiger partial charge < -0.3 is 4.90 Å². The van der Waals surface area contributed by atoms with Gasteiger partial charge in [0.25, 0.3) is 0 Å². The van der Waals surface area contributed by atoms with Crippen molar-refractivity contribution in [2.24, 2.45) is 0 Å². The summed E-state index contributed by atoms with van der Waals surface area (Å²) >= 11 is 0. The summed E-state index contributed by atoms with van der Waals surface area (Å²) in [5.74, 6) is 0.143. The van der Waals surface area contributed by atoms with Gasteiger partial charge in [0.15, 0.2) is 9.84 Å². The molecular formula is C15H23NO2S. The Morgan fingerprint density at radius 1 is 1.26 bits per heavy atom. The summed E-state index contributed by atoms with van der Waals surface area (Å²) in [6.45, 7) is 4.80. The van der Waals surface area contributed by atoms with Gasteiger partial charge in [0, 0.05) is 18.7 Å². The molecule has 0 radical (unpaired) electrons. The highest BCUT2D eigenvalue weighted by Crippen LogP contribution is 2.32. The molecule has 0 saturated carbocycles. The third-order valence-corrected chi connectivity index (χ3v) is 5.54. The zero-order valence-corrected chi connectivity index (χ0v) is 12.6. The number of sulfone groups is 1. The highest BCUT2D eigenvalue weighted by atomic mass is 32.2. The molecule has 19 heavy (non-hydrogen) atoms. The van der Waals surface area contributed by atoms with Crippen molar-refractivity contribution in [1.29, 1.82) is 0 Å². The molecule has 0 amide bonds. The van der Waals surface area contributed by atoms with Crippen LogP contribution in [-0.4, -0.2) is 44.5 Å². The van der Waals surface area contributed by atoms with Crippen LogP contribution in [0, 0.1) is 0 Å². The lowest BCUT2D eigenvalue weighted by atomic mass is 9.89. The van der Waals surface area contributed by atoms with Crippen LogP contribution in [-0.2, 0) is 9.84 Å². The summed E-state index contributed by atoms with van der Waals surface area (Å²) in [5, 5.41) is -0.268. The number of benzene rings is 1. The molecule has 0 N–H and O–H groups in total. The molecule has 106 valence electrons. The van der Waals surface area contributed by atoms with Crippen LogP contribution >= 0.6 is 0 Å². The molecule has 0 spiro atoms. The molecule has 1 fully saturated rings. The molecule has 3 nitrogen and oxygen atoms in total. The van der Waals surface area contributed by atoms with Gasteiger partial charge in [-0.25, -0.2) is 8.42 Å². The Labute approximate surface area is 116 Å². The van der Waals surface area contributed by atoms with Crippen molar-refractivity contribution in [3.63, 3.8) is 0 Å². The Kier molecular flexibility index (Phi) is 4.63. The minimum absolute atomic E-state index is 0.143. The van der Waals surface area contributed by atoms with Gasteiger partial charge in [-0.1, -0.05) is 37.3 Å². The number of rotatable bonds is 4. The minimum Gasteiger partial charge on any atom is -0.302 e. The third kappa shape index (κ3) is 3.57. The van der Waals surface area contributed by atoms with Crippen molar-refractivity contribution >= 4 is 9.84 Å². The van der Waals surface area contributed by atoms with Gasteiger partial charge in [-0.15, -0.1) is 0 Å². The van der Waals surface area contributed by atoms with Crippen molar-refractivity contribution in [3.05, 3.63) is 35.9 Å².